The lowest BCUT2D eigenvalue weighted by molar-refractivity contribution is -0.137. The summed E-state index contributed by atoms with van der Waals surface area (Å²) >= 11 is 1.44. The molecule has 0 saturated carbocycles. The number of rotatable bonds is 6. The minimum Gasteiger partial charge on any atom is -0.398 e. The number of nitrogen functional groups attached to an aromatic ring is 1. The van der Waals surface area contributed by atoms with Gasteiger partial charge in [-0.3, -0.25) is 0 Å². The molecular formula is C12H16F3NOS. The molecule has 2 nitrogen and oxygen atoms in total. The van der Waals surface area contributed by atoms with Gasteiger partial charge in [-0.2, -0.15) is 13.2 Å². The zero-order chi connectivity index (χ0) is 13.6. The van der Waals surface area contributed by atoms with Crippen molar-refractivity contribution < 1.29 is 18.3 Å². The Morgan fingerprint density at radius 1 is 1.17 bits per heavy atom. The van der Waals surface area contributed by atoms with Gasteiger partial charge < -0.3 is 10.8 Å². The highest BCUT2D eigenvalue weighted by Crippen LogP contribution is 2.34. The van der Waals surface area contributed by atoms with Crippen LogP contribution < -0.4 is 5.73 Å². The molecule has 0 radical (unpaired) electrons. The van der Waals surface area contributed by atoms with E-state index in [1.807, 2.05) is 0 Å². The number of thioether (sulfide) groups is 1. The number of unbranched alkanes of at least 4 members (excludes halogenated alkanes) is 2. The molecule has 0 aromatic heterocycles. The normalized spacial score (nSPS) is 11.8. The van der Waals surface area contributed by atoms with E-state index in [9.17, 15) is 13.2 Å². The maximum atomic E-state index is 12.4. The number of anilines is 1. The largest absolute Gasteiger partial charge is 0.416 e. The number of nitrogens with two attached hydrogens (primary N) is 1. The number of halogens is 3. The summed E-state index contributed by atoms with van der Waals surface area (Å²) in [6.07, 6.45) is -1.78. The molecule has 0 heterocycles. The van der Waals surface area contributed by atoms with Gasteiger partial charge in [0.2, 0.25) is 0 Å². The predicted octanol–water partition coefficient (Wildman–Crippen LogP) is 3.54. The van der Waals surface area contributed by atoms with Crippen LogP contribution in [0.5, 0.6) is 0 Å². The van der Waals surface area contributed by atoms with E-state index in [1.165, 1.54) is 17.8 Å². The lowest BCUT2D eigenvalue weighted by atomic mass is 10.2. The summed E-state index contributed by atoms with van der Waals surface area (Å²) in [6.45, 7) is 0.174. The van der Waals surface area contributed by atoms with Gasteiger partial charge in [0.05, 0.1) is 5.56 Å². The Hall–Kier alpha value is -0.880. The highest BCUT2D eigenvalue weighted by atomic mass is 32.2. The number of aliphatic hydroxyl groups excluding tert-OH is 1. The molecule has 0 saturated heterocycles. The van der Waals surface area contributed by atoms with Gasteiger partial charge in [0, 0.05) is 17.2 Å². The first kappa shape index (κ1) is 15.2. The van der Waals surface area contributed by atoms with E-state index < -0.39 is 11.7 Å². The second-order valence-corrected chi connectivity index (χ2v) is 5.02. The molecule has 102 valence electrons. The summed E-state index contributed by atoms with van der Waals surface area (Å²) in [4.78, 5) is 0.673. The van der Waals surface area contributed by atoms with E-state index in [2.05, 4.69) is 0 Å². The van der Waals surface area contributed by atoms with Gasteiger partial charge >= 0.3 is 6.18 Å². The average molecular weight is 279 g/mol. The molecular weight excluding hydrogens is 263 g/mol. The summed E-state index contributed by atoms with van der Waals surface area (Å²) in [6, 6.07) is 3.43. The van der Waals surface area contributed by atoms with Gasteiger partial charge in [0.25, 0.3) is 0 Å². The zero-order valence-electron chi connectivity index (χ0n) is 9.83. The zero-order valence-corrected chi connectivity index (χ0v) is 10.7. The molecule has 0 bridgehead atoms. The van der Waals surface area contributed by atoms with Crippen molar-refractivity contribution >= 4 is 17.4 Å². The van der Waals surface area contributed by atoms with Crippen LogP contribution in [0.15, 0.2) is 23.1 Å². The Bertz CT molecular complexity index is 382. The molecule has 0 spiro atoms. The van der Waals surface area contributed by atoms with Crippen LogP contribution in [0.25, 0.3) is 0 Å². The van der Waals surface area contributed by atoms with Crippen molar-refractivity contribution in [3.8, 4) is 0 Å². The summed E-state index contributed by atoms with van der Waals surface area (Å²) in [7, 11) is 0. The van der Waals surface area contributed by atoms with Crippen LogP contribution in [0.1, 0.15) is 24.8 Å². The number of aliphatic hydroxyl groups is 1. The van der Waals surface area contributed by atoms with E-state index in [1.54, 1.807) is 0 Å². The monoisotopic (exact) mass is 279 g/mol. The molecule has 1 aromatic carbocycles. The van der Waals surface area contributed by atoms with Crippen molar-refractivity contribution in [1.82, 2.24) is 0 Å². The van der Waals surface area contributed by atoms with Crippen LogP contribution in [0, 0.1) is 0 Å². The Morgan fingerprint density at radius 3 is 2.44 bits per heavy atom. The van der Waals surface area contributed by atoms with Gasteiger partial charge in [0.1, 0.15) is 0 Å². The van der Waals surface area contributed by atoms with Gasteiger partial charge in [-0.15, -0.1) is 11.8 Å². The Balaban J connectivity index is 2.53. The van der Waals surface area contributed by atoms with Gasteiger partial charge in [-0.1, -0.05) is 6.42 Å². The number of benzene rings is 1. The van der Waals surface area contributed by atoms with E-state index >= 15 is 0 Å². The second-order valence-electron chi connectivity index (χ2n) is 3.88. The van der Waals surface area contributed by atoms with Crippen LogP contribution in [-0.4, -0.2) is 17.5 Å². The van der Waals surface area contributed by atoms with Crippen molar-refractivity contribution in [2.75, 3.05) is 18.1 Å². The maximum absolute atomic E-state index is 12.4. The number of hydrogen-bond acceptors (Lipinski definition) is 3. The van der Waals surface area contributed by atoms with Crippen molar-refractivity contribution in [3.05, 3.63) is 23.8 Å². The Morgan fingerprint density at radius 2 is 1.89 bits per heavy atom. The molecule has 1 rings (SSSR count). The van der Waals surface area contributed by atoms with E-state index in [4.69, 9.17) is 10.8 Å². The van der Waals surface area contributed by atoms with Crippen molar-refractivity contribution in [2.45, 2.75) is 30.3 Å². The van der Waals surface area contributed by atoms with Gasteiger partial charge in [-0.05, 0) is 36.8 Å². The number of alkyl halides is 3. The topological polar surface area (TPSA) is 46.2 Å². The van der Waals surface area contributed by atoms with Crippen LogP contribution in [-0.2, 0) is 6.18 Å². The third-order valence-corrected chi connectivity index (χ3v) is 3.57. The van der Waals surface area contributed by atoms with Crippen LogP contribution in [0.4, 0.5) is 18.9 Å². The van der Waals surface area contributed by atoms with E-state index in [0.29, 0.717) is 4.90 Å². The summed E-state index contributed by atoms with van der Waals surface area (Å²) in [5, 5.41) is 8.60. The molecule has 3 N–H and O–H groups in total. The molecule has 0 unspecified atom stereocenters. The van der Waals surface area contributed by atoms with Crippen molar-refractivity contribution in [2.24, 2.45) is 0 Å². The van der Waals surface area contributed by atoms with E-state index in [-0.39, 0.29) is 12.3 Å². The van der Waals surface area contributed by atoms with E-state index in [0.717, 1.165) is 37.1 Å². The Labute approximate surface area is 108 Å². The van der Waals surface area contributed by atoms with Crippen molar-refractivity contribution in [1.29, 1.82) is 0 Å². The molecule has 0 aliphatic rings. The highest BCUT2D eigenvalue weighted by Gasteiger charge is 2.30. The minimum absolute atomic E-state index is 0.164. The summed E-state index contributed by atoms with van der Waals surface area (Å²) < 4.78 is 37.2. The Kier molecular flexibility index (Phi) is 5.81. The smallest absolute Gasteiger partial charge is 0.398 e. The van der Waals surface area contributed by atoms with Crippen LogP contribution in [0.2, 0.25) is 0 Å². The average Bonchev–Trinajstić information content (AvgIpc) is 2.29. The third kappa shape index (κ3) is 4.78. The molecule has 1 aromatic rings. The molecule has 0 atom stereocenters. The fraction of sp³-hybridized carbons (Fsp3) is 0.500. The molecule has 0 aliphatic carbocycles. The third-order valence-electron chi connectivity index (χ3n) is 2.40. The minimum atomic E-state index is -4.35. The molecule has 0 fully saturated rings. The lowest BCUT2D eigenvalue weighted by Gasteiger charge is -2.10. The SMILES string of the molecule is Nc1cc(C(F)(F)F)ccc1SCCCCCO. The quantitative estimate of drug-likeness (QED) is 0.475. The fourth-order valence-corrected chi connectivity index (χ4v) is 2.39. The molecule has 18 heavy (non-hydrogen) atoms. The highest BCUT2D eigenvalue weighted by molar-refractivity contribution is 7.99. The molecule has 6 heteroatoms. The first-order valence-electron chi connectivity index (χ1n) is 5.65. The van der Waals surface area contributed by atoms with Crippen molar-refractivity contribution in [3.63, 3.8) is 0 Å². The van der Waals surface area contributed by atoms with Gasteiger partial charge in [-0.25, -0.2) is 0 Å². The number of hydrogen-bond donors (Lipinski definition) is 2. The second kappa shape index (κ2) is 6.89. The van der Waals surface area contributed by atoms with Crippen LogP contribution in [0.3, 0.4) is 0 Å². The summed E-state index contributed by atoms with van der Waals surface area (Å²) in [5.41, 5.74) is 5.04. The molecule has 0 amide bonds. The molecule has 0 aliphatic heterocycles. The maximum Gasteiger partial charge on any atom is 0.416 e. The fourth-order valence-electron chi connectivity index (χ4n) is 1.43. The van der Waals surface area contributed by atoms with Crippen LogP contribution >= 0.6 is 11.8 Å². The standard InChI is InChI=1S/C12H16F3NOS/c13-12(14,15)9-4-5-11(10(16)8-9)18-7-3-1-2-6-17/h4-5,8,17H,1-3,6-7,16H2. The predicted molar refractivity (Wildman–Crippen MR) is 67.5 cm³/mol. The first-order valence-corrected chi connectivity index (χ1v) is 6.64. The lowest BCUT2D eigenvalue weighted by Crippen LogP contribution is -2.05. The summed E-state index contributed by atoms with van der Waals surface area (Å²) in [5.74, 6) is 0.787. The van der Waals surface area contributed by atoms with Gasteiger partial charge in [0.15, 0.2) is 0 Å². The first-order chi connectivity index (χ1) is 8.45.